The van der Waals surface area contributed by atoms with Gasteiger partial charge in [0.2, 0.25) is 0 Å². The second kappa shape index (κ2) is 7.79. The molecule has 3 nitrogen and oxygen atoms in total. The molecule has 2 N–H and O–H groups in total. The van der Waals surface area contributed by atoms with Gasteiger partial charge in [-0.15, -0.1) is 11.3 Å². The fourth-order valence-electron chi connectivity index (χ4n) is 1.34. The lowest BCUT2D eigenvalue weighted by Gasteiger charge is -2.01. The number of nitrogens with one attached hydrogen (secondary N) is 2. The predicted octanol–water partition coefficient (Wildman–Crippen LogP) is 1.79. The summed E-state index contributed by atoms with van der Waals surface area (Å²) >= 11 is 1.82. The number of nitrogens with zero attached hydrogens (tertiary/aromatic N) is 1. The minimum atomic E-state index is 0.921. The third-order valence-corrected chi connectivity index (χ3v) is 3.40. The summed E-state index contributed by atoms with van der Waals surface area (Å²) < 4.78 is 0. The molecule has 0 saturated heterocycles. The first-order valence-corrected chi connectivity index (χ1v) is 6.47. The molecule has 1 aromatic heterocycles. The standard InChI is InChI=1S/C11H21N3S/c1-3-10-8-14-11(15-10)9-13-7-5-4-6-12-2/h8,12-13H,3-7,9H2,1-2H3. The third kappa shape index (κ3) is 5.25. The van der Waals surface area contributed by atoms with E-state index in [9.17, 15) is 0 Å². The van der Waals surface area contributed by atoms with Crippen LogP contribution in [0.4, 0.5) is 0 Å². The molecular weight excluding hydrogens is 206 g/mol. The van der Waals surface area contributed by atoms with Crippen LogP contribution in [0.1, 0.15) is 29.7 Å². The van der Waals surface area contributed by atoms with Gasteiger partial charge in [-0.2, -0.15) is 0 Å². The largest absolute Gasteiger partial charge is 0.320 e. The first kappa shape index (κ1) is 12.6. The van der Waals surface area contributed by atoms with Crippen molar-refractivity contribution in [3.63, 3.8) is 0 Å². The summed E-state index contributed by atoms with van der Waals surface area (Å²) in [7, 11) is 2.00. The molecule has 0 aromatic carbocycles. The molecule has 1 rings (SSSR count). The number of aromatic nitrogens is 1. The van der Waals surface area contributed by atoms with E-state index in [0.29, 0.717) is 0 Å². The van der Waals surface area contributed by atoms with Crippen molar-refractivity contribution in [2.24, 2.45) is 0 Å². The Hall–Kier alpha value is -0.450. The van der Waals surface area contributed by atoms with Crippen molar-refractivity contribution in [2.45, 2.75) is 32.7 Å². The van der Waals surface area contributed by atoms with Crippen LogP contribution in [0.15, 0.2) is 6.20 Å². The van der Waals surface area contributed by atoms with Crippen LogP contribution >= 0.6 is 11.3 Å². The molecule has 1 aromatic rings. The van der Waals surface area contributed by atoms with Crippen molar-refractivity contribution in [1.82, 2.24) is 15.6 Å². The predicted molar refractivity (Wildman–Crippen MR) is 66.4 cm³/mol. The maximum atomic E-state index is 4.36. The third-order valence-electron chi connectivity index (χ3n) is 2.26. The van der Waals surface area contributed by atoms with Gasteiger partial charge in [-0.05, 0) is 39.4 Å². The maximum absolute atomic E-state index is 4.36. The Morgan fingerprint density at radius 3 is 2.80 bits per heavy atom. The van der Waals surface area contributed by atoms with E-state index in [4.69, 9.17) is 0 Å². The van der Waals surface area contributed by atoms with Crippen LogP contribution in [-0.4, -0.2) is 25.1 Å². The van der Waals surface area contributed by atoms with Gasteiger partial charge in [0.1, 0.15) is 5.01 Å². The summed E-state index contributed by atoms with van der Waals surface area (Å²) in [4.78, 5) is 5.74. The van der Waals surface area contributed by atoms with Crippen LogP contribution in [-0.2, 0) is 13.0 Å². The highest BCUT2D eigenvalue weighted by Crippen LogP contribution is 2.12. The van der Waals surface area contributed by atoms with E-state index in [1.54, 1.807) is 0 Å². The molecule has 0 atom stereocenters. The highest BCUT2D eigenvalue weighted by molar-refractivity contribution is 7.11. The summed E-state index contributed by atoms with van der Waals surface area (Å²) in [5.74, 6) is 0. The van der Waals surface area contributed by atoms with Gasteiger partial charge in [-0.25, -0.2) is 4.98 Å². The summed E-state index contributed by atoms with van der Waals surface area (Å²) in [5.41, 5.74) is 0. The number of rotatable bonds is 8. The molecule has 0 aliphatic carbocycles. The van der Waals surface area contributed by atoms with Crippen LogP contribution in [0.2, 0.25) is 0 Å². The molecule has 0 spiro atoms. The Balaban J connectivity index is 2.04. The van der Waals surface area contributed by atoms with Gasteiger partial charge in [0.15, 0.2) is 0 Å². The smallest absolute Gasteiger partial charge is 0.107 e. The van der Waals surface area contributed by atoms with E-state index in [1.807, 2.05) is 24.6 Å². The van der Waals surface area contributed by atoms with Gasteiger partial charge in [-0.1, -0.05) is 6.92 Å². The summed E-state index contributed by atoms with van der Waals surface area (Å²) in [6.45, 7) is 5.29. The molecule has 0 radical (unpaired) electrons. The summed E-state index contributed by atoms with van der Waals surface area (Å²) in [5, 5.41) is 7.78. The first-order chi connectivity index (χ1) is 7.36. The Labute approximate surface area is 96.3 Å². The molecule has 0 saturated carbocycles. The lowest BCUT2D eigenvalue weighted by atomic mass is 10.3. The van der Waals surface area contributed by atoms with Crippen LogP contribution < -0.4 is 10.6 Å². The Bertz CT molecular complexity index is 260. The average molecular weight is 227 g/mol. The topological polar surface area (TPSA) is 37.0 Å². The molecule has 0 aliphatic heterocycles. The van der Waals surface area contributed by atoms with Crippen molar-refractivity contribution in [2.75, 3.05) is 20.1 Å². The number of hydrogen-bond acceptors (Lipinski definition) is 4. The van der Waals surface area contributed by atoms with E-state index in [-0.39, 0.29) is 0 Å². The lowest BCUT2D eigenvalue weighted by molar-refractivity contribution is 0.604. The quantitative estimate of drug-likeness (QED) is 0.665. The molecule has 86 valence electrons. The maximum Gasteiger partial charge on any atom is 0.107 e. The van der Waals surface area contributed by atoms with Gasteiger partial charge >= 0.3 is 0 Å². The molecule has 0 fully saturated rings. The second-order valence-electron chi connectivity index (χ2n) is 3.56. The van der Waals surface area contributed by atoms with Gasteiger partial charge in [0, 0.05) is 17.6 Å². The van der Waals surface area contributed by atoms with Crippen LogP contribution in [0.25, 0.3) is 0 Å². The molecule has 0 bridgehead atoms. The monoisotopic (exact) mass is 227 g/mol. The SMILES string of the molecule is CCc1cnc(CNCCCCNC)s1. The Morgan fingerprint density at radius 1 is 1.33 bits per heavy atom. The van der Waals surface area contributed by atoms with Crippen LogP contribution in [0.5, 0.6) is 0 Å². The Kier molecular flexibility index (Phi) is 6.55. The zero-order valence-corrected chi connectivity index (χ0v) is 10.5. The van der Waals surface area contributed by atoms with Crippen molar-refractivity contribution in [1.29, 1.82) is 0 Å². The minimum Gasteiger partial charge on any atom is -0.320 e. The molecular formula is C11H21N3S. The molecule has 1 heterocycles. The second-order valence-corrected chi connectivity index (χ2v) is 4.76. The lowest BCUT2D eigenvalue weighted by Crippen LogP contribution is -2.16. The van der Waals surface area contributed by atoms with E-state index in [1.165, 1.54) is 22.7 Å². The van der Waals surface area contributed by atoms with Crippen molar-refractivity contribution in [3.05, 3.63) is 16.1 Å². The zero-order valence-electron chi connectivity index (χ0n) is 9.68. The molecule has 15 heavy (non-hydrogen) atoms. The zero-order chi connectivity index (χ0) is 10.9. The van der Waals surface area contributed by atoms with Gasteiger partial charge in [0.25, 0.3) is 0 Å². The molecule has 0 aliphatic rings. The first-order valence-electron chi connectivity index (χ1n) is 5.65. The fourth-order valence-corrected chi connectivity index (χ4v) is 2.17. The summed E-state index contributed by atoms with van der Waals surface area (Å²) in [6, 6.07) is 0. The molecule has 0 unspecified atom stereocenters. The van der Waals surface area contributed by atoms with Gasteiger partial charge in [0.05, 0.1) is 0 Å². The number of thiazole rings is 1. The highest BCUT2D eigenvalue weighted by atomic mass is 32.1. The van der Waals surface area contributed by atoms with E-state index >= 15 is 0 Å². The highest BCUT2D eigenvalue weighted by Gasteiger charge is 1.98. The molecule has 4 heteroatoms. The van der Waals surface area contributed by atoms with E-state index in [0.717, 1.165) is 26.1 Å². The number of unbranched alkanes of at least 4 members (excludes halogenated alkanes) is 1. The van der Waals surface area contributed by atoms with E-state index < -0.39 is 0 Å². The Morgan fingerprint density at radius 2 is 2.13 bits per heavy atom. The van der Waals surface area contributed by atoms with Gasteiger partial charge < -0.3 is 10.6 Å². The van der Waals surface area contributed by atoms with Crippen molar-refractivity contribution in [3.8, 4) is 0 Å². The summed E-state index contributed by atoms with van der Waals surface area (Å²) in [6.07, 6.45) is 5.55. The van der Waals surface area contributed by atoms with Gasteiger partial charge in [-0.3, -0.25) is 0 Å². The van der Waals surface area contributed by atoms with Crippen LogP contribution in [0, 0.1) is 0 Å². The number of hydrogen-bond donors (Lipinski definition) is 2. The van der Waals surface area contributed by atoms with Crippen molar-refractivity contribution >= 4 is 11.3 Å². The normalized spacial score (nSPS) is 10.8. The minimum absolute atomic E-state index is 0.921. The van der Waals surface area contributed by atoms with E-state index in [2.05, 4.69) is 22.5 Å². The average Bonchev–Trinajstić information content (AvgIpc) is 2.71. The fraction of sp³-hybridized carbons (Fsp3) is 0.727. The van der Waals surface area contributed by atoms with Crippen LogP contribution in [0.3, 0.4) is 0 Å². The number of aryl methyl sites for hydroxylation is 1. The molecule has 0 amide bonds. The van der Waals surface area contributed by atoms with Crippen molar-refractivity contribution < 1.29 is 0 Å².